The number of nitrogens with one attached hydrogen (secondary N) is 1. The number of benzene rings is 2. The summed E-state index contributed by atoms with van der Waals surface area (Å²) in [5.74, 6) is 0. The monoisotopic (exact) mass is 316 g/mol. The Morgan fingerprint density at radius 3 is 2.59 bits per heavy atom. The first-order valence-electron chi connectivity index (χ1n) is 7.73. The van der Waals surface area contributed by atoms with Crippen molar-refractivity contribution in [2.75, 3.05) is 43.1 Å². The van der Waals surface area contributed by atoms with E-state index in [2.05, 4.69) is 40.5 Å². The van der Waals surface area contributed by atoms with E-state index in [4.69, 9.17) is 16.3 Å². The number of nitrogens with zero attached hydrogens (tertiary/aromatic N) is 1. The molecular formula is C18H21ClN2O. The molecule has 0 bridgehead atoms. The minimum absolute atomic E-state index is 0.763. The van der Waals surface area contributed by atoms with E-state index in [9.17, 15) is 0 Å². The first-order chi connectivity index (χ1) is 10.8. The summed E-state index contributed by atoms with van der Waals surface area (Å²) in [7, 11) is 0. The van der Waals surface area contributed by atoms with Crippen LogP contribution in [0.1, 0.15) is 5.56 Å². The molecule has 0 unspecified atom stereocenters. The molecule has 0 radical (unpaired) electrons. The van der Waals surface area contributed by atoms with Gasteiger partial charge in [0.25, 0.3) is 0 Å². The fourth-order valence-electron chi connectivity index (χ4n) is 2.72. The SMILES string of the molecule is Clc1ccc(N2CCOCC2)c(NCCc2ccccc2)c1. The van der Waals surface area contributed by atoms with E-state index in [-0.39, 0.29) is 0 Å². The molecule has 3 nitrogen and oxygen atoms in total. The van der Waals surface area contributed by atoms with Crippen LogP contribution in [0.15, 0.2) is 48.5 Å². The molecule has 2 aromatic carbocycles. The molecule has 1 fully saturated rings. The summed E-state index contributed by atoms with van der Waals surface area (Å²) < 4.78 is 5.44. The van der Waals surface area contributed by atoms with Gasteiger partial charge in [0.15, 0.2) is 0 Å². The molecular weight excluding hydrogens is 296 g/mol. The van der Waals surface area contributed by atoms with Gasteiger partial charge in [0, 0.05) is 24.7 Å². The van der Waals surface area contributed by atoms with Crippen LogP contribution in [0.5, 0.6) is 0 Å². The number of hydrogen-bond donors (Lipinski definition) is 1. The Morgan fingerprint density at radius 1 is 1.05 bits per heavy atom. The summed E-state index contributed by atoms with van der Waals surface area (Å²) in [5.41, 5.74) is 3.65. The average molecular weight is 317 g/mol. The summed E-state index contributed by atoms with van der Waals surface area (Å²) >= 11 is 6.17. The highest BCUT2D eigenvalue weighted by Gasteiger charge is 2.14. The van der Waals surface area contributed by atoms with Gasteiger partial charge in [-0.25, -0.2) is 0 Å². The maximum Gasteiger partial charge on any atom is 0.0642 e. The van der Waals surface area contributed by atoms with Crippen LogP contribution in [0.2, 0.25) is 5.02 Å². The van der Waals surface area contributed by atoms with Crippen molar-refractivity contribution in [1.82, 2.24) is 0 Å². The minimum Gasteiger partial charge on any atom is -0.383 e. The van der Waals surface area contributed by atoms with E-state index < -0.39 is 0 Å². The standard InChI is InChI=1S/C18H21ClN2O/c19-16-6-7-18(21-10-12-22-13-11-21)17(14-16)20-9-8-15-4-2-1-3-5-15/h1-7,14,20H,8-13H2. The predicted octanol–water partition coefficient (Wildman–Crippen LogP) is 3.83. The Bertz CT molecular complexity index is 597. The van der Waals surface area contributed by atoms with Gasteiger partial charge in [0.2, 0.25) is 0 Å². The zero-order chi connectivity index (χ0) is 15.2. The van der Waals surface area contributed by atoms with Gasteiger partial charge >= 0.3 is 0 Å². The molecule has 0 aromatic heterocycles. The second kappa shape index (κ2) is 7.52. The number of anilines is 2. The van der Waals surface area contributed by atoms with Crippen LogP contribution in [0.25, 0.3) is 0 Å². The lowest BCUT2D eigenvalue weighted by Gasteiger charge is -2.30. The molecule has 1 saturated heterocycles. The topological polar surface area (TPSA) is 24.5 Å². The molecule has 3 rings (SSSR count). The molecule has 1 aliphatic rings. The van der Waals surface area contributed by atoms with Crippen molar-refractivity contribution >= 4 is 23.0 Å². The van der Waals surface area contributed by atoms with Crippen molar-refractivity contribution in [3.8, 4) is 0 Å². The number of ether oxygens (including phenoxy) is 1. The first kappa shape index (κ1) is 15.2. The van der Waals surface area contributed by atoms with Crippen LogP contribution in [-0.2, 0) is 11.2 Å². The van der Waals surface area contributed by atoms with E-state index >= 15 is 0 Å². The average Bonchev–Trinajstić information content (AvgIpc) is 2.57. The predicted molar refractivity (Wildman–Crippen MR) is 93.1 cm³/mol. The third-order valence-corrected chi connectivity index (χ3v) is 4.12. The minimum atomic E-state index is 0.763. The van der Waals surface area contributed by atoms with Crippen LogP contribution in [0.4, 0.5) is 11.4 Å². The highest BCUT2D eigenvalue weighted by molar-refractivity contribution is 6.31. The largest absolute Gasteiger partial charge is 0.383 e. The molecule has 1 aliphatic heterocycles. The van der Waals surface area contributed by atoms with Crippen molar-refractivity contribution < 1.29 is 4.74 Å². The fraction of sp³-hybridized carbons (Fsp3) is 0.333. The van der Waals surface area contributed by atoms with E-state index in [1.807, 2.05) is 18.2 Å². The van der Waals surface area contributed by atoms with Gasteiger partial charge in [-0.2, -0.15) is 0 Å². The maximum atomic E-state index is 6.17. The lowest BCUT2D eigenvalue weighted by molar-refractivity contribution is 0.123. The molecule has 0 spiro atoms. The summed E-state index contributed by atoms with van der Waals surface area (Å²) in [5, 5.41) is 4.30. The molecule has 116 valence electrons. The third-order valence-electron chi connectivity index (χ3n) is 3.88. The van der Waals surface area contributed by atoms with Crippen molar-refractivity contribution in [2.45, 2.75) is 6.42 Å². The Labute approximate surface area is 136 Å². The van der Waals surface area contributed by atoms with E-state index in [0.717, 1.165) is 50.0 Å². The van der Waals surface area contributed by atoms with Crippen LogP contribution < -0.4 is 10.2 Å². The third kappa shape index (κ3) is 3.93. The summed E-state index contributed by atoms with van der Waals surface area (Å²) in [6.07, 6.45) is 0.996. The number of hydrogen-bond acceptors (Lipinski definition) is 3. The van der Waals surface area contributed by atoms with Crippen molar-refractivity contribution in [2.24, 2.45) is 0 Å². The van der Waals surface area contributed by atoms with E-state index in [1.165, 1.54) is 11.3 Å². The lowest BCUT2D eigenvalue weighted by atomic mass is 10.1. The van der Waals surface area contributed by atoms with Crippen molar-refractivity contribution in [1.29, 1.82) is 0 Å². The number of halogens is 1. The lowest BCUT2D eigenvalue weighted by Crippen LogP contribution is -2.36. The zero-order valence-electron chi connectivity index (χ0n) is 12.6. The van der Waals surface area contributed by atoms with E-state index in [1.54, 1.807) is 0 Å². The zero-order valence-corrected chi connectivity index (χ0v) is 13.4. The second-order valence-corrected chi connectivity index (χ2v) is 5.86. The second-order valence-electron chi connectivity index (χ2n) is 5.42. The van der Waals surface area contributed by atoms with Crippen molar-refractivity contribution in [3.05, 3.63) is 59.1 Å². The highest BCUT2D eigenvalue weighted by atomic mass is 35.5. The molecule has 4 heteroatoms. The molecule has 22 heavy (non-hydrogen) atoms. The van der Waals surface area contributed by atoms with Crippen LogP contribution >= 0.6 is 11.6 Å². The van der Waals surface area contributed by atoms with Gasteiger partial charge in [-0.15, -0.1) is 0 Å². The molecule has 0 saturated carbocycles. The molecule has 1 N–H and O–H groups in total. The molecule has 2 aromatic rings. The Balaban J connectivity index is 1.67. The summed E-state index contributed by atoms with van der Waals surface area (Å²) in [6, 6.07) is 16.6. The van der Waals surface area contributed by atoms with Crippen LogP contribution in [0.3, 0.4) is 0 Å². The van der Waals surface area contributed by atoms with Crippen LogP contribution in [-0.4, -0.2) is 32.8 Å². The highest BCUT2D eigenvalue weighted by Crippen LogP contribution is 2.29. The molecule has 0 amide bonds. The summed E-state index contributed by atoms with van der Waals surface area (Å²) in [6.45, 7) is 4.31. The Hall–Kier alpha value is -1.71. The molecule has 0 aliphatic carbocycles. The van der Waals surface area contributed by atoms with Crippen LogP contribution in [0, 0.1) is 0 Å². The molecule has 0 atom stereocenters. The quantitative estimate of drug-likeness (QED) is 0.907. The van der Waals surface area contributed by atoms with Gasteiger partial charge in [0.1, 0.15) is 0 Å². The van der Waals surface area contributed by atoms with Gasteiger partial charge in [-0.05, 0) is 30.2 Å². The van der Waals surface area contributed by atoms with Gasteiger partial charge < -0.3 is 15.0 Å². The normalized spacial score (nSPS) is 14.9. The summed E-state index contributed by atoms with van der Waals surface area (Å²) in [4.78, 5) is 2.35. The van der Waals surface area contributed by atoms with Gasteiger partial charge in [-0.1, -0.05) is 41.9 Å². The molecule has 1 heterocycles. The number of rotatable bonds is 5. The van der Waals surface area contributed by atoms with E-state index in [0.29, 0.717) is 0 Å². The maximum absolute atomic E-state index is 6.17. The Kier molecular flexibility index (Phi) is 5.20. The van der Waals surface area contributed by atoms with Gasteiger partial charge in [0.05, 0.1) is 24.6 Å². The smallest absolute Gasteiger partial charge is 0.0642 e. The first-order valence-corrected chi connectivity index (χ1v) is 8.11. The van der Waals surface area contributed by atoms with Gasteiger partial charge in [-0.3, -0.25) is 0 Å². The Morgan fingerprint density at radius 2 is 1.82 bits per heavy atom. The fourth-order valence-corrected chi connectivity index (χ4v) is 2.89. The number of morpholine rings is 1. The van der Waals surface area contributed by atoms with Crippen molar-refractivity contribution in [3.63, 3.8) is 0 Å².